The summed E-state index contributed by atoms with van der Waals surface area (Å²) in [5.74, 6) is -0.967. The average molecular weight is 364 g/mol. The normalized spacial score (nSPS) is 11.9. The number of ether oxygens (including phenoxy) is 1. The minimum Gasteiger partial charge on any atom is -0.451 e. The number of para-hydroxylation sites is 1. The number of carbonyl (C=O) groups is 2. The number of fused-ring (bicyclic) bond motifs is 1. The number of Topliss-reactive ketones (excluding diaryl/α,β-unsaturated/α-hetero) is 1. The van der Waals surface area contributed by atoms with Crippen LogP contribution < -0.4 is 5.43 Å². The second kappa shape index (κ2) is 7.99. The van der Waals surface area contributed by atoms with Crippen LogP contribution in [0.25, 0.3) is 11.0 Å². The summed E-state index contributed by atoms with van der Waals surface area (Å²) in [7, 11) is 0. The van der Waals surface area contributed by atoms with Crippen LogP contribution in [-0.2, 0) is 4.74 Å². The van der Waals surface area contributed by atoms with Gasteiger partial charge in [0.05, 0.1) is 5.39 Å². The zero-order chi connectivity index (χ0) is 19.4. The van der Waals surface area contributed by atoms with Crippen molar-refractivity contribution in [2.75, 3.05) is 6.61 Å². The molecule has 0 radical (unpaired) electrons. The van der Waals surface area contributed by atoms with E-state index in [-0.39, 0.29) is 17.0 Å². The number of esters is 1. The van der Waals surface area contributed by atoms with Crippen LogP contribution in [0.3, 0.4) is 0 Å². The molecular weight excluding hydrogens is 344 g/mol. The van der Waals surface area contributed by atoms with Crippen LogP contribution in [0.15, 0.2) is 63.8 Å². The lowest BCUT2D eigenvalue weighted by molar-refractivity contribution is 0.0444. The highest BCUT2D eigenvalue weighted by atomic mass is 16.5. The molecule has 1 heterocycles. The van der Waals surface area contributed by atoms with Gasteiger partial charge in [0, 0.05) is 11.6 Å². The van der Waals surface area contributed by atoms with E-state index in [1.807, 2.05) is 12.1 Å². The minimum atomic E-state index is -0.845. The molecule has 1 atom stereocenters. The molecule has 0 saturated heterocycles. The molecule has 1 aromatic heterocycles. The highest BCUT2D eigenvalue weighted by Gasteiger charge is 2.16. The lowest BCUT2D eigenvalue weighted by Crippen LogP contribution is -2.16. The summed E-state index contributed by atoms with van der Waals surface area (Å²) in [6.45, 7) is 3.81. The Morgan fingerprint density at radius 1 is 1.07 bits per heavy atom. The quantitative estimate of drug-likeness (QED) is 0.480. The first kappa shape index (κ1) is 18.6. The van der Waals surface area contributed by atoms with Crippen molar-refractivity contribution in [1.82, 2.24) is 0 Å². The van der Waals surface area contributed by atoms with Gasteiger partial charge in [-0.1, -0.05) is 50.2 Å². The van der Waals surface area contributed by atoms with Crippen molar-refractivity contribution in [2.24, 2.45) is 0 Å². The molecule has 0 aliphatic carbocycles. The van der Waals surface area contributed by atoms with E-state index in [1.165, 1.54) is 0 Å². The number of hydrogen-bond donors (Lipinski definition) is 0. The molecule has 0 bridgehead atoms. The van der Waals surface area contributed by atoms with Gasteiger partial charge in [0.25, 0.3) is 0 Å². The largest absolute Gasteiger partial charge is 0.451 e. The minimum absolute atomic E-state index is 0.224. The summed E-state index contributed by atoms with van der Waals surface area (Å²) < 4.78 is 10.4. The van der Waals surface area contributed by atoms with Gasteiger partial charge in [0.1, 0.15) is 5.58 Å². The van der Waals surface area contributed by atoms with E-state index in [1.54, 1.807) is 36.4 Å². The summed E-state index contributed by atoms with van der Waals surface area (Å²) in [6.07, 6.45) is 1.02. The van der Waals surface area contributed by atoms with E-state index in [0.717, 1.165) is 18.1 Å². The maximum absolute atomic E-state index is 12.2. The standard InChI is InChI=1S/C22H20O5/c1-3-14(2)15-8-10-16(11-9-15)19(24)13-26-22(25)21-12-18(23)17-6-4-5-7-20(17)27-21/h4-12,14H,3,13H2,1-2H3/t14-/m1/s1. The molecule has 3 rings (SSSR count). The highest BCUT2D eigenvalue weighted by Crippen LogP contribution is 2.19. The summed E-state index contributed by atoms with van der Waals surface area (Å²) in [4.78, 5) is 36.4. The first-order chi connectivity index (χ1) is 13.0. The molecule has 0 saturated carbocycles. The van der Waals surface area contributed by atoms with Gasteiger partial charge in [-0.15, -0.1) is 0 Å². The van der Waals surface area contributed by atoms with Crippen LogP contribution in [0.5, 0.6) is 0 Å². The topological polar surface area (TPSA) is 73.6 Å². The molecule has 138 valence electrons. The van der Waals surface area contributed by atoms with Crippen molar-refractivity contribution in [1.29, 1.82) is 0 Å². The smallest absolute Gasteiger partial charge is 0.374 e. The van der Waals surface area contributed by atoms with Crippen molar-refractivity contribution < 1.29 is 18.7 Å². The second-order valence-corrected chi connectivity index (χ2v) is 6.40. The van der Waals surface area contributed by atoms with E-state index in [9.17, 15) is 14.4 Å². The molecule has 0 aliphatic rings. The van der Waals surface area contributed by atoms with Gasteiger partial charge in [-0.2, -0.15) is 0 Å². The van der Waals surface area contributed by atoms with Gasteiger partial charge in [-0.3, -0.25) is 9.59 Å². The Balaban J connectivity index is 1.68. The van der Waals surface area contributed by atoms with Gasteiger partial charge in [-0.05, 0) is 30.0 Å². The fraction of sp³-hybridized carbons (Fsp3) is 0.227. The molecule has 2 aromatic carbocycles. The maximum Gasteiger partial charge on any atom is 0.374 e. The van der Waals surface area contributed by atoms with Crippen LogP contribution in [-0.4, -0.2) is 18.4 Å². The SMILES string of the molecule is CC[C@@H](C)c1ccc(C(=O)COC(=O)c2cc(=O)c3ccccc3o2)cc1. The van der Waals surface area contributed by atoms with Crippen LogP contribution in [0, 0.1) is 0 Å². The zero-order valence-corrected chi connectivity index (χ0v) is 15.2. The van der Waals surface area contributed by atoms with Crippen LogP contribution in [0.2, 0.25) is 0 Å². The van der Waals surface area contributed by atoms with E-state index in [0.29, 0.717) is 22.5 Å². The number of hydrogen-bond acceptors (Lipinski definition) is 5. The second-order valence-electron chi connectivity index (χ2n) is 6.40. The molecule has 0 amide bonds. The van der Waals surface area contributed by atoms with E-state index in [4.69, 9.17) is 9.15 Å². The Kier molecular flexibility index (Phi) is 5.50. The fourth-order valence-corrected chi connectivity index (χ4v) is 2.72. The first-order valence-corrected chi connectivity index (χ1v) is 8.82. The van der Waals surface area contributed by atoms with Crippen molar-refractivity contribution in [3.63, 3.8) is 0 Å². The van der Waals surface area contributed by atoms with Gasteiger partial charge in [0.2, 0.25) is 5.76 Å². The Bertz CT molecular complexity index is 1030. The fourth-order valence-electron chi connectivity index (χ4n) is 2.72. The monoisotopic (exact) mass is 364 g/mol. The molecule has 0 aliphatic heterocycles. The van der Waals surface area contributed by atoms with Gasteiger partial charge < -0.3 is 9.15 Å². The summed E-state index contributed by atoms with van der Waals surface area (Å²) in [5.41, 5.74) is 1.58. The Hall–Kier alpha value is -3.21. The number of ketones is 1. The number of benzene rings is 2. The lowest BCUT2D eigenvalue weighted by atomic mass is 9.97. The third kappa shape index (κ3) is 4.14. The number of rotatable bonds is 6. The third-order valence-corrected chi connectivity index (χ3v) is 4.58. The van der Waals surface area contributed by atoms with Crippen LogP contribution in [0.1, 0.15) is 52.7 Å². The van der Waals surface area contributed by atoms with Crippen molar-refractivity contribution in [3.05, 3.63) is 81.7 Å². The Morgan fingerprint density at radius 3 is 2.48 bits per heavy atom. The molecular formula is C22H20O5. The predicted molar refractivity (Wildman–Crippen MR) is 102 cm³/mol. The van der Waals surface area contributed by atoms with Gasteiger partial charge in [0.15, 0.2) is 17.8 Å². The molecule has 5 nitrogen and oxygen atoms in total. The molecule has 0 unspecified atom stereocenters. The maximum atomic E-state index is 12.2. The molecule has 3 aromatic rings. The van der Waals surface area contributed by atoms with Gasteiger partial charge >= 0.3 is 5.97 Å². The summed E-state index contributed by atoms with van der Waals surface area (Å²) >= 11 is 0. The third-order valence-electron chi connectivity index (χ3n) is 4.58. The van der Waals surface area contributed by atoms with E-state index >= 15 is 0 Å². The first-order valence-electron chi connectivity index (χ1n) is 8.82. The number of carbonyl (C=O) groups excluding carboxylic acids is 2. The molecule has 27 heavy (non-hydrogen) atoms. The molecule has 0 fully saturated rings. The summed E-state index contributed by atoms with van der Waals surface area (Å²) in [6, 6.07) is 15.0. The Labute approximate surface area is 156 Å². The Morgan fingerprint density at radius 2 is 1.78 bits per heavy atom. The van der Waals surface area contributed by atoms with Crippen molar-refractivity contribution >= 4 is 22.7 Å². The summed E-state index contributed by atoms with van der Waals surface area (Å²) in [5, 5.41) is 0.381. The van der Waals surface area contributed by atoms with Crippen molar-refractivity contribution in [3.8, 4) is 0 Å². The van der Waals surface area contributed by atoms with Crippen LogP contribution >= 0.6 is 0 Å². The van der Waals surface area contributed by atoms with Crippen molar-refractivity contribution in [2.45, 2.75) is 26.2 Å². The average Bonchev–Trinajstić information content (AvgIpc) is 2.71. The molecule has 0 N–H and O–H groups in total. The molecule has 5 heteroatoms. The van der Waals surface area contributed by atoms with E-state index in [2.05, 4.69) is 13.8 Å². The van der Waals surface area contributed by atoms with Gasteiger partial charge in [-0.25, -0.2) is 4.79 Å². The predicted octanol–water partition coefficient (Wildman–Crippen LogP) is 4.35. The zero-order valence-electron chi connectivity index (χ0n) is 15.2. The van der Waals surface area contributed by atoms with Crippen LogP contribution in [0.4, 0.5) is 0 Å². The lowest BCUT2D eigenvalue weighted by Gasteiger charge is -2.09. The molecule has 0 spiro atoms. The van der Waals surface area contributed by atoms with E-state index < -0.39 is 12.6 Å². The highest BCUT2D eigenvalue weighted by molar-refractivity contribution is 5.99.